The van der Waals surface area contributed by atoms with Gasteiger partial charge in [-0.15, -0.1) is 0 Å². The van der Waals surface area contributed by atoms with Crippen LogP contribution in [0.5, 0.6) is 17.2 Å². The minimum absolute atomic E-state index is 0.0771. The van der Waals surface area contributed by atoms with E-state index in [-0.39, 0.29) is 40.5 Å². The molecule has 2 aromatic rings. The van der Waals surface area contributed by atoms with E-state index in [1.54, 1.807) is 0 Å². The van der Waals surface area contributed by atoms with Gasteiger partial charge in [-0.2, -0.15) is 0 Å². The van der Waals surface area contributed by atoms with Crippen LogP contribution in [-0.4, -0.2) is 55.5 Å². The van der Waals surface area contributed by atoms with Crippen LogP contribution in [0, 0.1) is 0 Å². The summed E-state index contributed by atoms with van der Waals surface area (Å²) in [5.41, 5.74) is -0.862. The van der Waals surface area contributed by atoms with Crippen LogP contribution in [-0.2, 0) is 32.0 Å². The third kappa shape index (κ3) is 5.05. The third-order valence-electron chi connectivity index (χ3n) is 5.97. The summed E-state index contributed by atoms with van der Waals surface area (Å²) in [7, 11) is 0. The molecule has 2 unspecified atom stereocenters. The highest BCUT2D eigenvalue weighted by atomic mass is 16.6. The number of phenolic OH excluding ortho intramolecular Hbond substituents is 3. The molecule has 0 saturated carbocycles. The Morgan fingerprint density at radius 3 is 2.34 bits per heavy atom. The van der Waals surface area contributed by atoms with Gasteiger partial charge >= 0.3 is 5.97 Å². The number of Topliss-reactive ketones (excluding diaryl/α,β-unsaturated/α-hetero) is 3. The third-order valence-corrected chi connectivity index (χ3v) is 5.97. The fourth-order valence-corrected chi connectivity index (χ4v) is 4.62. The zero-order valence-corrected chi connectivity index (χ0v) is 20.0. The molecule has 0 saturated heterocycles. The van der Waals surface area contributed by atoms with Gasteiger partial charge in [0.1, 0.15) is 34.4 Å². The van der Waals surface area contributed by atoms with Gasteiger partial charge in [-0.3, -0.25) is 19.2 Å². The fourth-order valence-electron chi connectivity index (χ4n) is 4.62. The summed E-state index contributed by atoms with van der Waals surface area (Å²) in [6, 6.07) is 2.35. The number of ether oxygens (including phenoxy) is 1. The van der Waals surface area contributed by atoms with E-state index < -0.39 is 59.4 Å². The largest absolute Gasteiger partial charge is 0.508 e. The first-order chi connectivity index (χ1) is 16.2. The predicted octanol–water partition coefficient (Wildman–Crippen LogP) is 2.81. The van der Waals surface area contributed by atoms with E-state index in [0.29, 0.717) is 5.56 Å². The Labute approximate surface area is 201 Å². The number of hydrogen-bond acceptors (Lipinski definition) is 9. The van der Waals surface area contributed by atoms with Crippen molar-refractivity contribution in [2.24, 2.45) is 0 Å². The predicted molar refractivity (Wildman–Crippen MR) is 126 cm³/mol. The number of ketones is 3. The van der Waals surface area contributed by atoms with Crippen molar-refractivity contribution < 1.29 is 44.3 Å². The van der Waals surface area contributed by atoms with Crippen LogP contribution < -0.4 is 0 Å². The molecule has 3 rings (SSSR count). The average Bonchev–Trinajstić information content (AvgIpc) is 2.68. The lowest BCUT2D eigenvalue weighted by molar-refractivity contribution is -0.160. The highest BCUT2D eigenvalue weighted by Gasteiger charge is 2.52. The molecular formula is C26H28O9. The Morgan fingerprint density at radius 2 is 1.77 bits per heavy atom. The Morgan fingerprint density at radius 1 is 1.11 bits per heavy atom. The van der Waals surface area contributed by atoms with Gasteiger partial charge < -0.3 is 25.2 Å². The summed E-state index contributed by atoms with van der Waals surface area (Å²) < 4.78 is 5.14. The Hall–Kier alpha value is -3.72. The Kier molecular flexibility index (Phi) is 7.03. The van der Waals surface area contributed by atoms with Gasteiger partial charge in [0, 0.05) is 25.8 Å². The number of hydrogen-bond donors (Lipinski definition) is 4. The highest BCUT2D eigenvalue weighted by Crippen LogP contribution is 2.47. The van der Waals surface area contributed by atoms with Crippen LogP contribution in [0.4, 0.5) is 0 Å². The molecule has 0 radical (unpaired) electrons. The number of aliphatic hydroxyl groups is 1. The molecule has 0 amide bonds. The van der Waals surface area contributed by atoms with Gasteiger partial charge in [0.15, 0.2) is 6.10 Å². The van der Waals surface area contributed by atoms with E-state index in [1.165, 1.54) is 13.0 Å². The maximum absolute atomic E-state index is 13.6. The summed E-state index contributed by atoms with van der Waals surface area (Å²) in [4.78, 5) is 49.3. The second-order valence-corrected chi connectivity index (χ2v) is 9.28. The standard InChI is InChI=1S/C26H28O9/c1-12(2)5-6-17-18-8-15(29)9-20(31)21(18)23(32)22-19(17)11-26(34,10-16(30)7-13(3)27)25(24(22)33)35-14(4)28/h5,8-9,25,29,31-32,34H,6-7,10-11H2,1-4H3. The molecular weight excluding hydrogens is 456 g/mol. The molecule has 0 bridgehead atoms. The first-order valence-corrected chi connectivity index (χ1v) is 11.1. The molecule has 35 heavy (non-hydrogen) atoms. The first-order valence-electron chi connectivity index (χ1n) is 11.1. The van der Waals surface area contributed by atoms with Crippen molar-refractivity contribution >= 4 is 34.1 Å². The first kappa shape index (κ1) is 25.9. The number of aromatic hydroxyl groups is 3. The molecule has 9 nitrogen and oxygen atoms in total. The minimum Gasteiger partial charge on any atom is -0.508 e. The molecule has 1 aliphatic rings. The number of esters is 1. The van der Waals surface area contributed by atoms with Crippen molar-refractivity contribution in [2.45, 2.75) is 65.1 Å². The quantitative estimate of drug-likeness (QED) is 0.263. The topological polar surface area (TPSA) is 158 Å². The number of carbonyl (C=O) groups excluding carboxylic acids is 4. The number of allylic oxidation sites excluding steroid dienone is 2. The summed E-state index contributed by atoms with van der Waals surface area (Å²) in [5.74, 6) is -4.23. The number of fused-ring (bicyclic) bond motifs is 2. The molecule has 2 atom stereocenters. The van der Waals surface area contributed by atoms with E-state index in [2.05, 4.69) is 0 Å². The summed E-state index contributed by atoms with van der Waals surface area (Å²) >= 11 is 0. The van der Waals surface area contributed by atoms with E-state index in [4.69, 9.17) is 4.74 Å². The van der Waals surface area contributed by atoms with Crippen LogP contribution in [0.25, 0.3) is 10.8 Å². The van der Waals surface area contributed by atoms with Crippen LogP contribution >= 0.6 is 0 Å². The Bertz CT molecular complexity index is 1280. The minimum atomic E-state index is -2.18. The zero-order valence-electron chi connectivity index (χ0n) is 20.0. The van der Waals surface area contributed by atoms with Gasteiger partial charge in [-0.25, -0.2) is 0 Å². The highest BCUT2D eigenvalue weighted by molar-refractivity contribution is 6.13. The van der Waals surface area contributed by atoms with Crippen LogP contribution in [0.1, 0.15) is 62.0 Å². The second kappa shape index (κ2) is 9.50. The molecule has 0 fully saturated rings. The lowest BCUT2D eigenvalue weighted by atomic mass is 9.71. The zero-order chi connectivity index (χ0) is 26.2. The lowest BCUT2D eigenvalue weighted by Crippen LogP contribution is -2.55. The fraction of sp³-hybridized carbons (Fsp3) is 0.385. The van der Waals surface area contributed by atoms with Gasteiger partial charge in [0.2, 0.25) is 5.78 Å². The lowest BCUT2D eigenvalue weighted by Gasteiger charge is -2.39. The maximum Gasteiger partial charge on any atom is 0.303 e. The van der Waals surface area contributed by atoms with Crippen molar-refractivity contribution in [3.63, 3.8) is 0 Å². The van der Waals surface area contributed by atoms with Gasteiger partial charge in [0.05, 0.1) is 17.4 Å². The van der Waals surface area contributed by atoms with Crippen molar-refractivity contribution in [1.82, 2.24) is 0 Å². The molecule has 4 N–H and O–H groups in total. The molecule has 1 aliphatic carbocycles. The van der Waals surface area contributed by atoms with E-state index in [1.807, 2.05) is 19.9 Å². The van der Waals surface area contributed by atoms with Crippen molar-refractivity contribution in [3.05, 3.63) is 40.5 Å². The number of carbonyl (C=O) groups is 4. The molecule has 0 aliphatic heterocycles. The van der Waals surface area contributed by atoms with Crippen molar-refractivity contribution in [2.75, 3.05) is 0 Å². The molecule has 186 valence electrons. The molecule has 0 spiro atoms. The Balaban J connectivity index is 2.35. The smallest absolute Gasteiger partial charge is 0.303 e. The second-order valence-electron chi connectivity index (χ2n) is 9.28. The number of rotatable bonds is 7. The molecule has 0 heterocycles. The average molecular weight is 485 g/mol. The van der Waals surface area contributed by atoms with Gasteiger partial charge in [0.25, 0.3) is 0 Å². The number of phenols is 3. The van der Waals surface area contributed by atoms with E-state index in [0.717, 1.165) is 18.6 Å². The molecule has 9 heteroatoms. The molecule has 0 aromatic heterocycles. The maximum atomic E-state index is 13.6. The summed E-state index contributed by atoms with van der Waals surface area (Å²) in [6.45, 7) is 5.95. The van der Waals surface area contributed by atoms with Gasteiger partial charge in [-0.05, 0) is 49.8 Å². The number of benzene rings is 2. The van der Waals surface area contributed by atoms with Crippen molar-refractivity contribution in [3.8, 4) is 17.2 Å². The molecule has 2 aromatic carbocycles. The van der Waals surface area contributed by atoms with Crippen molar-refractivity contribution in [1.29, 1.82) is 0 Å². The monoisotopic (exact) mass is 484 g/mol. The van der Waals surface area contributed by atoms with E-state index in [9.17, 15) is 39.6 Å². The van der Waals surface area contributed by atoms with Crippen LogP contribution in [0.15, 0.2) is 23.8 Å². The SMILES string of the molecule is CC(=O)CC(=O)CC1(O)Cc2c(c(O)c3c(O)cc(O)cc3c2CC=C(C)C)C(=O)C1OC(C)=O. The normalized spacial score (nSPS) is 19.2. The summed E-state index contributed by atoms with van der Waals surface area (Å²) in [6.07, 6.45) is -1.24. The summed E-state index contributed by atoms with van der Waals surface area (Å²) in [5, 5.41) is 43.3. The van der Waals surface area contributed by atoms with Crippen LogP contribution in [0.3, 0.4) is 0 Å². The van der Waals surface area contributed by atoms with Gasteiger partial charge in [-0.1, -0.05) is 11.6 Å². The van der Waals surface area contributed by atoms with Crippen LogP contribution in [0.2, 0.25) is 0 Å². The van der Waals surface area contributed by atoms with E-state index >= 15 is 0 Å².